The standard InChI is InChI=1S/C15H8N2O2S2/c18-15(9-3-1-5-11-13(9)16-7-20-11)19-10-4-2-6-12-14(10)17-8-21-12/h1-8H. The first kappa shape index (κ1) is 12.4. The van der Waals surface area contributed by atoms with E-state index in [2.05, 4.69) is 9.97 Å². The molecule has 4 rings (SSSR count). The second-order valence-electron chi connectivity index (χ2n) is 4.35. The van der Waals surface area contributed by atoms with Crippen molar-refractivity contribution >= 4 is 49.1 Å². The second kappa shape index (κ2) is 4.91. The first-order valence-corrected chi connectivity index (χ1v) is 7.95. The molecule has 0 saturated carbocycles. The Hall–Kier alpha value is -2.31. The van der Waals surface area contributed by atoms with Gasteiger partial charge in [-0.25, -0.2) is 14.8 Å². The van der Waals surface area contributed by atoms with Gasteiger partial charge in [-0.1, -0.05) is 12.1 Å². The van der Waals surface area contributed by atoms with Crippen LogP contribution in [0.1, 0.15) is 10.4 Å². The van der Waals surface area contributed by atoms with Gasteiger partial charge in [0, 0.05) is 0 Å². The van der Waals surface area contributed by atoms with Crippen LogP contribution in [0.4, 0.5) is 0 Å². The van der Waals surface area contributed by atoms with Gasteiger partial charge in [0.2, 0.25) is 0 Å². The third-order valence-electron chi connectivity index (χ3n) is 3.11. The van der Waals surface area contributed by atoms with Gasteiger partial charge in [0.1, 0.15) is 5.52 Å². The maximum atomic E-state index is 12.4. The number of carbonyl (C=O) groups excluding carboxylic acids is 1. The zero-order valence-corrected chi connectivity index (χ0v) is 12.3. The Morgan fingerprint density at radius 2 is 1.57 bits per heavy atom. The topological polar surface area (TPSA) is 52.1 Å². The number of nitrogens with zero attached hydrogens (tertiary/aromatic N) is 2. The number of para-hydroxylation sites is 2. The van der Waals surface area contributed by atoms with Gasteiger partial charge in [0.05, 0.1) is 31.5 Å². The highest BCUT2D eigenvalue weighted by Crippen LogP contribution is 2.28. The quantitative estimate of drug-likeness (QED) is 0.412. The van der Waals surface area contributed by atoms with E-state index in [0.717, 1.165) is 9.40 Å². The molecule has 0 fully saturated rings. The minimum absolute atomic E-state index is 0.410. The summed E-state index contributed by atoms with van der Waals surface area (Å²) in [4.78, 5) is 20.9. The van der Waals surface area contributed by atoms with Crippen molar-refractivity contribution in [3.8, 4) is 5.75 Å². The van der Waals surface area contributed by atoms with Gasteiger partial charge >= 0.3 is 5.97 Å². The van der Waals surface area contributed by atoms with Crippen LogP contribution in [-0.4, -0.2) is 15.9 Å². The molecule has 2 heterocycles. The zero-order chi connectivity index (χ0) is 14.2. The highest BCUT2D eigenvalue weighted by atomic mass is 32.1. The summed E-state index contributed by atoms with van der Waals surface area (Å²) in [6.07, 6.45) is 0. The summed E-state index contributed by atoms with van der Waals surface area (Å²) in [5.41, 5.74) is 5.33. The van der Waals surface area contributed by atoms with Crippen LogP contribution in [0.25, 0.3) is 20.4 Å². The van der Waals surface area contributed by atoms with Crippen molar-refractivity contribution in [3.63, 3.8) is 0 Å². The largest absolute Gasteiger partial charge is 0.421 e. The Morgan fingerprint density at radius 3 is 2.38 bits per heavy atom. The predicted octanol–water partition coefficient (Wildman–Crippen LogP) is 4.13. The average Bonchev–Trinajstić information content (AvgIpc) is 3.15. The maximum absolute atomic E-state index is 12.4. The number of ether oxygens (including phenoxy) is 1. The van der Waals surface area contributed by atoms with E-state index in [1.807, 2.05) is 24.3 Å². The fraction of sp³-hybridized carbons (Fsp3) is 0. The first-order valence-electron chi connectivity index (χ1n) is 6.19. The summed E-state index contributed by atoms with van der Waals surface area (Å²) in [7, 11) is 0. The fourth-order valence-electron chi connectivity index (χ4n) is 2.15. The summed E-state index contributed by atoms with van der Waals surface area (Å²) in [6.45, 7) is 0. The number of hydrogen-bond donors (Lipinski definition) is 0. The number of fused-ring (bicyclic) bond motifs is 2. The molecular formula is C15H8N2O2S2. The monoisotopic (exact) mass is 312 g/mol. The highest BCUT2D eigenvalue weighted by Gasteiger charge is 2.16. The molecule has 0 aliphatic carbocycles. The van der Waals surface area contributed by atoms with Crippen LogP contribution < -0.4 is 4.74 Å². The van der Waals surface area contributed by atoms with Gasteiger partial charge < -0.3 is 4.74 Å². The van der Waals surface area contributed by atoms with E-state index in [-0.39, 0.29) is 0 Å². The van der Waals surface area contributed by atoms with Crippen LogP contribution in [0.5, 0.6) is 5.75 Å². The minimum Gasteiger partial charge on any atom is -0.421 e. The van der Waals surface area contributed by atoms with E-state index in [0.29, 0.717) is 22.3 Å². The Labute approximate surface area is 127 Å². The molecule has 102 valence electrons. The Morgan fingerprint density at radius 1 is 0.905 bits per heavy atom. The van der Waals surface area contributed by atoms with Crippen molar-refractivity contribution in [2.75, 3.05) is 0 Å². The molecule has 2 aromatic carbocycles. The predicted molar refractivity (Wildman–Crippen MR) is 84.2 cm³/mol. The first-order chi connectivity index (χ1) is 10.3. The summed E-state index contributed by atoms with van der Waals surface area (Å²) in [5.74, 6) is 0.0676. The van der Waals surface area contributed by atoms with Crippen LogP contribution in [0.3, 0.4) is 0 Å². The Bertz CT molecular complexity index is 958. The lowest BCUT2D eigenvalue weighted by molar-refractivity contribution is 0.0738. The van der Waals surface area contributed by atoms with Crippen LogP contribution in [0.15, 0.2) is 47.4 Å². The van der Waals surface area contributed by atoms with E-state index in [9.17, 15) is 4.79 Å². The van der Waals surface area contributed by atoms with E-state index in [1.165, 1.54) is 22.7 Å². The SMILES string of the molecule is O=C(Oc1cccc2scnc12)c1cccc2scnc12. The van der Waals surface area contributed by atoms with Crippen molar-refractivity contribution in [1.82, 2.24) is 9.97 Å². The average molecular weight is 312 g/mol. The van der Waals surface area contributed by atoms with Crippen LogP contribution >= 0.6 is 22.7 Å². The molecule has 4 nitrogen and oxygen atoms in total. The van der Waals surface area contributed by atoms with Crippen molar-refractivity contribution in [1.29, 1.82) is 0 Å². The summed E-state index contributed by atoms with van der Waals surface area (Å²) in [5, 5.41) is 0. The van der Waals surface area contributed by atoms with Gasteiger partial charge in [-0.05, 0) is 24.3 Å². The van der Waals surface area contributed by atoms with Gasteiger partial charge in [0.15, 0.2) is 5.75 Å². The highest BCUT2D eigenvalue weighted by molar-refractivity contribution is 7.17. The molecule has 2 aromatic heterocycles. The van der Waals surface area contributed by atoms with Gasteiger partial charge in [-0.15, -0.1) is 22.7 Å². The van der Waals surface area contributed by atoms with Gasteiger partial charge in [0.25, 0.3) is 0 Å². The number of hydrogen-bond acceptors (Lipinski definition) is 6. The molecule has 6 heteroatoms. The van der Waals surface area contributed by atoms with E-state index >= 15 is 0 Å². The Kier molecular flexibility index (Phi) is 2.90. The van der Waals surface area contributed by atoms with Crippen LogP contribution in [0, 0.1) is 0 Å². The minimum atomic E-state index is -0.410. The number of carbonyl (C=O) groups is 1. The number of aromatic nitrogens is 2. The second-order valence-corrected chi connectivity index (χ2v) is 6.12. The molecule has 0 atom stereocenters. The third-order valence-corrected chi connectivity index (χ3v) is 4.69. The van der Waals surface area contributed by atoms with Crippen molar-refractivity contribution < 1.29 is 9.53 Å². The summed E-state index contributed by atoms with van der Waals surface area (Å²) < 4.78 is 7.48. The normalized spacial score (nSPS) is 11.0. The van der Waals surface area contributed by atoms with Gasteiger partial charge in [-0.2, -0.15) is 0 Å². The number of esters is 1. The smallest absolute Gasteiger partial charge is 0.345 e. The van der Waals surface area contributed by atoms with Crippen LogP contribution in [0.2, 0.25) is 0 Å². The molecular weight excluding hydrogens is 304 g/mol. The molecule has 0 unspecified atom stereocenters. The molecule has 0 N–H and O–H groups in total. The van der Waals surface area contributed by atoms with Crippen LogP contribution in [-0.2, 0) is 0 Å². The number of benzene rings is 2. The lowest BCUT2D eigenvalue weighted by Gasteiger charge is -2.05. The lowest BCUT2D eigenvalue weighted by atomic mass is 10.2. The molecule has 21 heavy (non-hydrogen) atoms. The van der Waals surface area contributed by atoms with Crippen molar-refractivity contribution in [2.24, 2.45) is 0 Å². The molecule has 0 aliphatic heterocycles. The molecule has 0 aliphatic rings. The molecule has 0 saturated heterocycles. The molecule has 4 aromatic rings. The summed E-state index contributed by atoms with van der Waals surface area (Å²) in [6, 6.07) is 11.1. The fourth-order valence-corrected chi connectivity index (χ4v) is 3.55. The molecule has 0 radical (unpaired) electrons. The van der Waals surface area contributed by atoms with E-state index in [4.69, 9.17) is 4.74 Å². The zero-order valence-electron chi connectivity index (χ0n) is 10.6. The molecule has 0 bridgehead atoms. The number of rotatable bonds is 2. The summed E-state index contributed by atoms with van der Waals surface area (Å²) >= 11 is 3.01. The molecule has 0 amide bonds. The molecule has 0 spiro atoms. The maximum Gasteiger partial charge on any atom is 0.345 e. The van der Waals surface area contributed by atoms with E-state index < -0.39 is 5.97 Å². The van der Waals surface area contributed by atoms with E-state index in [1.54, 1.807) is 23.2 Å². The Balaban J connectivity index is 1.76. The van der Waals surface area contributed by atoms with Gasteiger partial charge in [-0.3, -0.25) is 0 Å². The number of thiazole rings is 2. The lowest BCUT2D eigenvalue weighted by Crippen LogP contribution is -2.09. The van der Waals surface area contributed by atoms with Crippen molar-refractivity contribution in [3.05, 3.63) is 53.0 Å². The van der Waals surface area contributed by atoms with Crippen molar-refractivity contribution in [2.45, 2.75) is 0 Å². The third kappa shape index (κ3) is 2.09.